The van der Waals surface area contributed by atoms with E-state index in [0.29, 0.717) is 23.6 Å². The predicted octanol–water partition coefficient (Wildman–Crippen LogP) is 6.42. The van der Waals surface area contributed by atoms with Crippen molar-refractivity contribution in [2.75, 3.05) is 33.1 Å². The van der Waals surface area contributed by atoms with Crippen LogP contribution in [0.2, 0.25) is 0 Å². The minimum atomic E-state index is -3.66. The van der Waals surface area contributed by atoms with Crippen molar-refractivity contribution in [3.63, 3.8) is 0 Å². The Morgan fingerprint density at radius 3 is 2.08 bits per heavy atom. The quantitative estimate of drug-likeness (QED) is 0.0977. The Hall–Kier alpha value is -4.66. The number of ether oxygens (including phenoxy) is 4. The molecule has 0 unspecified atom stereocenters. The van der Waals surface area contributed by atoms with Gasteiger partial charge in [0.05, 0.1) is 43.7 Å². The number of nitrogens with one attached hydrogen (secondary N) is 1. The van der Waals surface area contributed by atoms with Crippen LogP contribution < -0.4 is 20.7 Å². The molecule has 1 aromatic heterocycles. The van der Waals surface area contributed by atoms with E-state index in [1.807, 2.05) is 85.8 Å². The average molecular weight is 842 g/mol. The monoisotopic (exact) mass is 841 g/mol. The molecule has 59 heavy (non-hydrogen) atoms. The fourth-order valence-electron chi connectivity index (χ4n) is 8.22. The van der Waals surface area contributed by atoms with Gasteiger partial charge in [-0.25, -0.2) is 17.9 Å². The third kappa shape index (κ3) is 8.28. The summed E-state index contributed by atoms with van der Waals surface area (Å²) in [5, 5.41) is 0. The SMILES string of the molecule is COc1ccc(C(OC[C@H]2O[C@@H](n3cc(C)c(=O)[nH]c3=O)C[C@@H]2O[P@]2O[C@H](CS(=O)(=O)c3ccc(C)cc3)[C@@H]3CCCN32)(c2ccccc2)c2ccc(OC)cc2)cc1. The molecule has 310 valence electrons. The lowest BCUT2D eigenvalue weighted by Gasteiger charge is -2.37. The minimum absolute atomic E-state index is 0.00301. The van der Waals surface area contributed by atoms with Crippen molar-refractivity contribution >= 4 is 18.4 Å². The number of fused-ring (bicyclic) bond motifs is 1. The highest BCUT2D eigenvalue weighted by atomic mass is 32.2. The largest absolute Gasteiger partial charge is 0.497 e. The zero-order valence-electron chi connectivity index (χ0n) is 33.4. The van der Waals surface area contributed by atoms with Crippen molar-refractivity contribution in [1.29, 1.82) is 0 Å². The smallest absolute Gasteiger partial charge is 0.330 e. The molecule has 8 rings (SSSR count). The van der Waals surface area contributed by atoms with Gasteiger partial charge in [-0.05, 0) is 79.8 Å². The topological polar surface area (TPSA) is 148 Å². The number of nitrogens with zero attached hydrogens (tertiary/aromatic N) is 2. The van der Waals surface area contributed by atoms with Crippen LogP contribution in [0.15, 0.2) is 124 Å². The molecule has 0 spiro atoms. The van der Waals surface area contributed by atoms with E-state index in [2.05, 4.69) is 9.65 Å². The molecule has 3 saturated heterocycles. The first-order valence-corrected chi connectivity index (χ1v) is 22.4. The van der Waals surface area contributed by atoms with E-state index in [-0.39, 0.29) is 29.7 Å². The Bertz CT molecular complexity index is 2420. The van der Waals surface area contributed by atoms with E-state index in [0.717, 1.165) is 35.1 Å². The lowest BCUT2D eigenvalue weighted by atomic mass is 9.80. The van der Waals surface area contributed by atoms with E-state index in [4.69, 9.17) is 28.0 Å². The number of sulfone groups is 1. The maximum Gasteiger partial charge on any atom is 0.330 e. The van der Waals surface area contributed by atoms with Gasteiger partial charge in [-0.15, -0.1) is 0 Å². The zero-order valence-corrected chi connectivity index (χ0v) is 35.1. The van der Waals surface area contributed by atoms with Crippen molar-refractivity contribution in [3.8, 4) is 11.5 Å². The second kappa shape index (κ2) is 17.1. The number of hydrogen-bond donors (Lipinski definition) is 1. The van der Waals surface area contributed by atoms with Gasteiger partial charge in [-0.3, -0.25) is 14.3 Å². The lowest BCUT2D eigenvalue weighted by molar-refractivity contribution is -0.0920. The van der Waals surface area contributed by atoms with E-state index >= 15 is 0 Å². The third-order valence-corrected chi connectivity index (χ3v) is 15.0. The number of methoxy groups -OCH3 is 2. The van der Waals surface area contributed by atoms with E-state index in [1.54, 1.807) is 45.4 Å². The summed E-state index contributed by atoms with van der Waals surface area (Å²) in [7, 11) is -2.14. The van der Waals surface area contributed by atoms with Crippen molar-refractivity contribution in [1.82, 2.24) is 14.2 Å². The van der Waals surface area contributed by atoms with Gasteiger partial charge < -0.3 is 28.0 Å². The van der Waals surface area contributed by atoms with Gasteiger partial charge in [0.2, 0.25) is 0 Å². The molecule has 0 saturated carbocycles. The summed E-state index contributed by atoms with van der Waals surface area (Å²) < 4.78 is 69.3. The molecular weight excluding hydrogens is 794 g/mol. The first-order chi connectivity index (χ1) is 28.5. The molecule has 0 radical (unpaired) electrons. The summed E-state index contributed by atoms with van der Waals surface area (Å²) in [5.74, 6) is 1.20. The highest BCUT2D eigenvalue weighted by molar-refractivity contribution is 7.91. The van der Waals surface area contributed by atoms with Crippen LogP contribution in [0.1, 0.15) is 53.3 Å². The molecule has 0 amide bonds. The van der Waals surface area contributed by atoms with E-state index in [9.17, 15) is 18.0 Å². The molecule has 3 aliphatic heterocycles. The summed E-state index contributed by atoms with van der Waals surface area (Å²) in [4.78, 5) is 28.2. The van der Waals surface area contributed by atoms with Crippen LogP contribution in [0, 0.1) is 13.8 Å². The summed E-state index contributed by atoms with van der Waals surface area (Å²) >= 11 is 0. The van der Waals surface area contributed by atoms with Crippen LogP contribution in [0.3, 0.4) is 0 Å². The summed E-state index contributed by atoms with van der Waals surface area (Å²) in [6, 6.07) is 32.1. The van der Waals surface area contributed by atoms with Gasteiger partial charge in [0.15, 0.2) is 9.84 Å². The van der Waals surface area contributed by atoms with Gasteiger partial charge in [-0.1, -0.05) is 72.3 Å². The molecule has 3 fully saturated rings. The minimum Gasteiger partial charge on any atom is -0.497 e. The molecule has 1 N–H and O–H groups in total. The van der Waals surface area contributed by atoms with Crippen molar-refractivity contribution in [3.05, 3.63) is 158 Å². The summed E-state index contributed by atoms with van der Waals surface area (Å²) in [6.07, 6.45) is 0.591. The molecule has 0 bridgehead atoms. The van der Waals surface area contributed by atoms with Crippen LogP contribution in [0.4, 0.5) is 0 Å². The standard InChI is InChI=1S/C44H48N3O10PS/c1-29-12-22-36(23-13-29)59(50,51)28-40-37-11-8-24-47(37)58(57-40)56-38-25-41(46-26-30(2)42(48)45-43(46)49)55-39(38)27-54-44(31-9-6-5-7-10-31,32-14-18-34(52-3)19-15-32)33-16-20-35(53-4)21-17-33/h5-7,9-10,12-23,26,37-41H,8,11,24-25,27-28H2,1-4H3,(H,45,48,49)/t37-,38-,39+,40+,41+,58+/m0/s1. The second-order valence-electron chi connectivity index (χ2n) is 15.2. The molecule has 4 aromatic carbocycles. The highest BCUT2D eigenvalue weighted by Crippen LogP contribution is 2.58. The molecule has 5 aromatic rings. The van der Waals surface area contributed by atoms with Crippen LogP contribution in [-0.2, 0) is 34.0 Å². The van der Waals surface area contributed by atoms with Crippen LogP contribution in [0.25, 0.3) is 0 Å². The molecule has 15 heteroatoms. The normalized spacial score (nSPS) is 23.3. The van der Waals surface area contributed by atoms with Gasteiger partial charge in [0.1, 0.15) is 29.4 Å². The van der Waals surface area contributed by atoms with Gasteiger partial charge in [-0.2, -0.15) is 0 Å². The fourth-order valence-corrected chi connectivity index (χ4v) is 11.8. The predicted molar refractivity (Wildman–Crippen MR) is 222 cm³/mol. The molecule has 13 nitrogen and oxygen atoms in total. The van der Waals surface area contributed by atoms with Crippen LogP contribution in [0.5, 0.6) is 11.5 Å². The Balaban J connectivity index is 1.14. The molecule has 0 aliphatic carbocycles. The number of aromatic amines is 1. The Labute approximate surface area is 344 Å². The van der Waals surface area contributed by atoms with Crippen LogP contribution >= 0.6 is 8.53 Å². The van der Waals surface area contributed by atoms with Crippen molar-refractivity contribution < 1.29 is 36.4 Å². The fraction of sp³-hybridized carbons (Fsp3) is 0.364. The average Bonchev–Trinajstić information content (AvgIpc) is 3.98. The van der Waals surface area contributed by atoms with Gasteiger partial charge in [0, 0.05) is 30.8 Å². The summed E-state index contributed by atoms with van der Waals surface area (Å²) in [5.41, 5.74) is 1.60. The second-order valence-corrected chi connectivity index (χ2v) is 18.6. The highest BCUT2D eigenvalue weighted by Gasteiger charge is 2.51. The number of hydrogen-bond acceptors (Lipinski definition) is 11. The number of aromatic nitrogens is 2. The first-order valence-electron chi connectivity index (χ1n) is 19.6. The molecular formula is C44H48N3O10PS. The molecule has 6 atom stereocenters. The van der Waals surface area contributed by atoms with Crippen LogP contribution in [-0.4, -0.2) is 80.1 Å². The lowest BCUT2D eigenvalue weighted by Crippen LogP contribution is -2.38. The zero-order chi connectivity index (χ0) is 41.3. The molecule has 4 heterocycles. The molecule has 3 aliphatic rings. The third-order valence-electron chi connectivity index (χ3n) is 11.4. The number of aryl methyl sites for hydroxylation is 2. The van der Waals surface area contributed by atoms with E-state index < -0.39 is 59.8 Å². The summed E-state index contributed by atoms with van der Waals surface area (Å²) in [6.45, 7) is 4.24. The Morgan fingerprint density at radius 1 is 0.831 bits per heavy atom. The van der Waals surface area contributed by atoms with Gasteiger partial charge in [0.25, 0.3) is 14.1 Å². The van der Waals surface area contributed by atoms with Crippen molar-refractivity contribution in [2.45, 2.75) is 74.2 Å². The number of rotatable bonds is 14. The number of H-pyrrole nitrogens is 1. The maximum absolute atomic E-state index is 13.6. The van der Waals surface area contributed by atoms with Gasteiger partial charge >= 0.3 is 5.69 Å². The Kier molecular flexibility index (Phi) is 11.9. The van der Waals surface area contributed by atoms with E-state index in [1.165, 1.54) is 10.8 Å². The Morgan fingerprint density at radius 2 is 1.46 bits per heavy atom. The first kappa shape index (κ1) is 41.1. The number of benzene rings is 4. The van der Waals surface area contributed by atoms with Crippen molar-refractivity contribution in [2.24, 2.45) is 0 Å². The maximum atomic E-state index is 13.6.